The number of hydrogen-bond acceptors (Lipinski definition) is 2. The minimum Gasteiger partial charge on any atom is -0.478 e. The van der Waals surface area contributed by atoms with Gasteiger partial charge in [-0.15, -0.1) is 0 Å². The monoisotopic (exact) mass is 323 g/mol. The molecule has 1 aliphatic rings. The number of nitrogens with one attached hydrogen (secondary N) is 1. The van der Waals surface area contributed by atoms with Crippen molar-refractivity contribution in [2.75, 3.05) is 6.54 Å². The van der Waals surface area contributed by atoms with Crippen LogP contribution in [0.25, 0.3) is 0 Å². The molecule has 0 aliphatic heterocycles. The van der Waals surface area contributed by atoms with Crippen molar-refractivity contribution in [2.24, 2.45) is 5.92 Å². The summed E-state index contributed by atoms with van der Waals surface area (Å²) in [6, 6.07) is 18.0. The topological polar surface area (TPSA) is 49.3 Å². The number of benzene rings is 2. The van der Waals surface area contributed by atoms with Gasteiger partial charge in [0.2, 0.25) is 0 Å². The highest BCUT2D eigenvalue weighted by atomic mass is 16.4. The van der Waals surface area contributed by atoms with Crippen molar-refractivity contribution in [2.45, 2.75) is 38.1 Å². The van der Waals surface area contributed by atoms with Gasteiger partial charge in [0.15, 0.2) is 0 Å². The maximum atomic E-state index is 11.1. The third kappa shape index (κ3) is 4.24. The third-order valence-corrected chi connectivity index (χ3v) is 5.05. The lowest BCUT2D eigenvalue weighted by atomic mass is 9.75. The molecule has 1 saturated carbocycles. The summed E-state index contributed by atoms with van der Waals surface area (Å²) in [6.45, 7) is 1.70. The predicted octanol–water partition coefficient (Wildman–Crippen LogP) is 4.45. The SMILES string of the molecule is O=C(O)c1cccc(CNCC2CCCCC2c2ccccc2)c1. The maximum absolute atomic E-state index is 11.1. The average Bonchev–Trinajstić information content (AvgIpc) is 2.63. The fourth-order valence-corrected chi connectivity index (χ4v) is 3.81. The van der Waals surface area contributed by atoms with Gasteiger partial charge >= 0.3 is 5.97 Å². The first-order valence-corrected chi connectivity index (χ1v) is 8.82. The number of rotatable bonds is 6. The summed E-state index contributed by atoms with van der Waals surface area (Å²) in [7, 11) is 0. The molecule has 3 nitrogen and oxygen atoms in total. The molecule has 0 heterocycles. The Morgan fingerprint density at radius 1 is 1.04 bits per heavy atom. The van der Waals surface area contributed by atoms with E-state index < -0.39 is 5.97 Å². The van der Waals surface area contributed by atoms with Gasteiger partial charge in [-0.25, -0.2) is 4.79 Å². The third-order valence-electron chi connectivity index (χ3n) is 5.05. The zero-order chi connectivity index (χ0) is 16.8. The van der Waals surface area contributed by atoms with Crippen molar-refractivity contribution >= 4 is 5.97 Å². The molecule has 2 aromatic rings. The van der Waals surface area contributed by atoms with Crippen molar-refractivity contribution in [1.29, 1.82) is 0 Å². The van der Waals surface area contributed by atoms with Crippen molar-refractivity contribution in [3.8, 4) is 0 Å². The molecule has 0 bridgehead atoms. The Bertz CT molecular complexity index is 669. The molecule has 1 fully saturated rings. The zero-order valence-electron chi connectivity index (χ0n) is 13.9. The van der Waals surface area contributed by atoms with Crippen LogP contribution in [0.2, 0.25) is 0 Å². The standard InChI is InChI=1S/C21H25NO2/c23-21(24)18-11-6-7-16(13-18)14-22-15-19-10-4-5-12-20(19)17-8-2-1-3-9-17/h1-3,6-9,11,13,19-20,22H,4-5,10,12,14-15H2,(H,23,24). The van der Waals surface area contributed by atoms with Gasteiger partial charge in [-0.3, -0.25) is 0 Å². The summed E-state index contributed by atoms with van der Waals surface area (Å²) in [5.41, 5.74) is 2.84. The van der Waals surface area contributed by atoms with Crippen LogP contribution < -0.4 is 5.32 Å². The quantitative estimate of drug-likeness (QED) is 0.826. The molecule has 0 spiro atoms. The van der Waals surface area contributed by atoms with Crippen LogP contribution in [-0.4, -0.2) is 17.6 Å². The number of aromatic carboxylic acids is 1. The minimum atomic E-state index is -0.867. The van der Waals surface area contributed by atoms with E-state index in [1.165, 1.54) is 31.2 Å². The second-order valence-corrected chi connectivity index (χ2v) is 6.70. The van der Waals surface area contributed by atoms with Crippen LogP contribution in [0.1, 0.15) is 53.1 Å². The summed E-state index contributed by atoms with van der Waals surface area (Å²) >= 11 is 0. The molecule has 0 saturated heterocycles. The summed E-state index contributed by atoms with van der Waals surface area (Å²) in [4.78, 5) is 11.1. The normalized spacial score (nSPS) is 20.7. The van der Waals surface area contributed by atoms with E-state index in [1.807, 2.05) is 12.1 Å². The van der Waals surface area contributed by atoms with Crippen LogP contribution >= 0.6 is 0 Å². The highest BCUT2D eigenvalue weighted by molar-refractivity contribution is 5.87. The molecule has 0 radical (unpaired) electrons. The Hall–Kier alpha value is -2.13. The largest absolute Gasteiger partial charge is 0.478 e. The molecule has 3 rings (SSSR count). The van der Waals surface area contributed by atoms with E-state index in [0.717, 1.165) is 18.7 Å². The van der Waals surface area contributed by atoms with Crippen LogP contribution in [0.5, 0.6) is 0 Å². The van der Waals surface area contributed by atoms with Crippen molar-refractivity contribution in [3.05, 3.63) is 71.3 Å². The Kier molecular flexibility index (Phi) is 5.65. The van der Waals surface area contributed by atoms with Gasteiger partial charge in [-0.05, 0) is 54.5 Å². The first-order chi connectivity index (χ1) is 11.7. The highest BCUT2D eigenvalue weighted by Crippen LogP contribution is 2.37. The van der Waals surface area contributed by atoms with E-state index >= 15 is 0 Å². The van der Waals surface area contributed by atoms with Gasteiger partial charge in [0.05, 0.1) is 5.56 Å². The number of carbonyl (C=O) groups is 1. The predicted molar refractivity (Wildman–Crippen MR) is 96.2 cm³/mol. The summed E-state index contributed by atoms with van der Waals surface area (Å²) < 4.78 is 0. The molecule has 0 aromatic heterocycles. The van der Waals surface area contributed by atoms with E-state index in [2.05, 4.69) is 35.6 Å². The molecular formula is C21H25NO2. The fourth-order valence-electron chi connectivity index (χ4n) is 3.81. The Balaban J connectivity index is 1.58. The van der Waals surface area contributed by atoms with Crippen LogP contribution in [0.15, 0.2) is 54.6 Å². The van der Waals surface area contributed by atoms with E-state index in [0.29, 0.717) is 17.4 Å². The first kappa shape index (κ1) is 16.7. The van der Waals surface area contributed by atoms with Gasteiger partial charge in [0.1, 0.15) is 0 Å². The number of carboxylic acids is 1. The zero-order valence-corrected chi connectivity index (χ0v) is 13.9. The van der Waals surface area contributed by atoms with Crippen molar-refractivity contribution in [1.82, 2.24) is 5.32 Å². The molecule has 0 amide bonds. The van der Waals surface area contributed by atoms with E-state index in [1.54, 1.807) is 12.1 Å². The van der Waals surface area contributed by atoms with Crippen LogP contribution in [-0.2, 0) is 6.54 Å². The molecule has 2 unspecified atom stereocenters. The second kappa shape index (κ2) is 8.11. The fraction of sp³-hybridized carbons (Fsp3) is 0.381. The van der Waals surface area contributed by atoms with E-state index in [4.69, 9.17) is 5.11 Å². The summed E-state index contributed by atoms with van der Waals surface area (Å²) in [5, 5.41) is 12.6. The van der Waals surface area contributed by atoms with Crippen LogP contribution in [0.3, 0.4) is 0 Å². The highest BCUT2D eigenvalue weighted by Gasteiger charge is 2.25. The smallest absolute Gasteiger partial charge is 0.335 e. The molecule has 2 aromatic carbocycles. The molecule has 24 heavy (non-hydrogen) atoms. The minimum absolute atomic E-state index is 0.356. The summed E-state index contributed by atoms with van der Waals surface area (Å²) in [5.74, 6) is 0.426. The van der Waals surface area contributed by atoms with E-state index in [-0.39, 0.29) is 0 Å². The van der Waals surface area contributed by atoms with Gasteiger partial charge in [0, 0.05) is 6.54 Å². The lowest BCUT2D eigenvalue weighted by Crippen LogP contribution is -2.29. The molecular weight excluding hydrogens is 298 g/mol. The van der Waals surface area contributed by atoms with Crippen molar-refractivity contribution in [3.63, 3.8) is 0 Å². The molecule has 2 atom stereocenters. The van der Waals surface area contributed by atoms with Gasteiger partial charge < -0.3 is 10.4 Å². The molecule has 1 aliphatic carbocycles. The Morgan fingerprint density at radius 2 is 1.83 bits per heavy atom. The first-order valence-electron chi connectivity index (χ1n) is 8.82. The molecule has 3 heteroatoms. The number of hydrogen-bond donors (Lipinski definition) is 2. The number of carboxylic acid groups (broad SMARTS) is 1. The lowest BCUT2D eigenvalue weighted by Gasteiger charge is -2.32. The second-order valence-electron chi connectivity index (χ2n) is 6.70. The van der Waals surface area contributed by atoms with Crippen LogP contribution in [0.4, 0.5) is 0 Å². The van der Waals surface area contributed by atoms with Crippen LogP contribution in [0, 0.1) is 5.92 Å². The molecule has 2 N–H and O–H groups in total. The maximum Gasteiger partial charge on any atom is 0.335 e. The Labute approximate surface area is 143 Å². The Morgan fingerprint density at radius 3 is 2.62 bits per heavy atom. The van der Waals surface area contributed by atoms with Crippen molar-refractivity contribution < 1.29 is 9.90 Å². The van der Waals surface area contributed by atoms with Gasteiger partial charge in [-0.2, -0.15) is 0 Å². The molecule has 126 valence electrons. The van der Waals surface area contributed by atoms with E-state index in [9.17, 15) is 4.79 Å². The van der Waals surface area contributed by atoms with Gasteiger partial charge in [0.25, 0.3) is 0 Å². The summed E-state index contributed by atoms with van der Waals surface area (Å²) in [6.07, 6.45) is 5.16. The van der Waals surface area contributed by atoms with Gasteiger partial charge in [-0.1, -0.05) is 55.3 Å². The average molecular weight is 323 g/mol. The lowest BCUT2D eigenvalue weighted by molar-refractivity contribution is 0.0696.